The Kier molecular flexibility index (Phi) is 5.06. The van der Waals surface area contributed by atoms with Gasteiger partial charge in [-0.2, -0.15) is 0 Å². The highest BCUT2D eigenvalue weighted by atomic mass is 32.2. The van der Waals surface area contributed by atoms with E-state index in [-0.39, 0.29) is 5.91 Å². The lowest BCUT2D eigenvalue weighted by Gasteiger charge is -2.16. The number of thiocarbonyl (C=S) groups is 1. The summed E-state index contributed by atoms with van der Waals surface area (Å²) in [6.07, 6.45) is 1.92. The second-order valence-electron chi connectivity index (χ2n) is 5.67. The van der Waals surface area contributed by atoms with E-state index in [9.17, 15) is 4.79 Å². The molecule has 0 aromatic heterocycles. The number of nitrogens with zero attached hydrogens (tertiary/aromatic N) is 2. The number of carbonyl (C=O) groups is 1. The Labute approximate surface area is 136 Å². The number of hydrogen-bond donors (Lipinski definition) is 0. The molecule has 5 heteroatoms. The average molecular weight is 320 g/mol. The van der Waals surface area contributed by atoms with Gasteiger partial charge in [0.2, 0.25) is 0 Å². The van der Waals surface area contributed by atoms with Crippen LogP contribution in [0.25, 0.3) is 6.08 Å². The van der Waals surface area contributed by atoms with Crippen LogP contribution in [0.3, 0.4) is 0 Å². The maximum atomic E-state index is 12.4. The predicted octanol–water partition coefficient (Wildman–Crippen LogP) is 3.61. The molecule has 1 aliphatic rings. The van der Waals surface area contributed by atoms with E-state index in [1.807, 2.05) is 49.3 Å². The lowest BCUT2D eigenvalue weighted by atomic mass is 10.1. The fraction of sp³-hybridized carbons (Fsp3) is 0.375. The van der Waals surface area contributed by atoms with Crippen LogP contribution in [0, 0.1) is 5.92 Å². The van der Waals surface area contributed by atoms with Gasteiger partial charge >= 0.3 is 0 Å². The van der Waals surface area contributed by atoms with Crippen LogP contribution in [0.5, 0.6) is 0 Å². The van der Waals surface area contributed by atoms with Gasteiger partial charge in [-0.3, -0.25) is 9.69 Å². The van der Waals surface area contributed by atoms with Crippen molar-refractivity contribution in [2.75, 3.05) is 25.5 Å². The van der Waals surface area contributed by atoms with Crippen LogP contribution in [0.1, 0.15) is 19.4 Å². The normalized spacial score (nSPS) is 17.2. The van der Waals surface area contributed by atoms with Crippen LogP contribution < -0.4 is 4.90 Å². The van der Waals surface area contributed by atoms with Crippen LogP contribution >= 0.6 is 24.0 Å². The number of rotatable bonds is 4. The number of anilines is 1. The molecule has 3 nitrogen and oxygen atoms in total. The highest BCUT2D eigenvalue weighted by molar-refractivity contribution is 8.26. The SMILES string of the molecule is CC(C)CN1C(=O)/C(=C/c2ccc(N(C)C)cc2)SC1=S. The highest BCUT2D eigenvalue weighted by Crippen LogP contribution is 2.33. The number of hydrogen-bond acceptors (Lipinski definition) is 4. The molecule has 0 unspecified atom stereocenters. The summed E-state index contributed by atoms with van der Waals surface area (Å²) in [6, 6.07) is 8.12. The van der Waals surface area contributed by atoms with Gasteiger partial charge in [0, 0.05) is 26.3 Å². The molecule has 1 heterocycles. The summed E-state index contributed by atoms with van der Waals surface area (Å²) in [6.45, 7) is 4.85. The fourth-order valence-electron chi connectivity index (χ4n) is 2.04. The number of thioether (sulfide) groups is 1. The molecular weight excluding hydrogens is 300 g/mol. The summed E-state index contributed by atoms with van der Waals surface area (Å²) >= 11 is 6.69. The van der Waals surface area contributed by atoms with E-state index in [0.29, 0.717) is 21.7 Å². The Morgan fingerprint density at radius 2 is 1.90 bits per heavy atom. The molecule has 1 aliphatic heterocycles. The smallest absolute Gasteiger partial charge is 0.266 e. The van der Waals surface area contributed by atoms with E-state index in [4.69, 9.17) is 12.2 Å². The van der Waals surface area contributed by atoms with E-state index in [1.165, 1.54) is 11.8 Å². The summed E-state index contributed by atoms with van der Waals surface area (Å²) in [5, 5.41) is 0. The van der Waals surface area contributed by atoms with Gasteiger partial charge in [0.1, 0.15) is 4.32 Å². The third-order valence-electron chi connectivity index (χ3n) is 3.13. The minimum atomic E-state index is 0.0235. The summed E-state index contributed by atoms with van der Waals surface area (Å²) in [4.78, 5) is 16.8. The van der Waals surface area contributed by atoms with Gasteiger partial charge in [-0.05, 0) is 29.7 Å². The van der Waals surface area contributed by atoms with Gasteiger partial charge in [-0.1, -0.05) is 50.0 Å². The summed E-state index contributed by atoms with van der Waals surface area (Å²) < 4.78 is 0.657. The molecule has 21 heavy (non-hydrogen) atoms. The predicted molar refractivity (Wildman–Crippen MR) is 95.5 cm³/mol. The second-order valence-corrected chi connectivity index (χ2v) is 7.35. The Morgan fingerprint density at radius 3 is 2.43 bits per heavy atom. The van der Waals surface area contributed by atoms with Gasteiger partial charge in [0.25, 0.3) is 5.91 Å². The van der Waals surface area contributed by atoms with Gasteiger partial charge in [-0.15, -0.1) is 0 Å². The number of amides is 1. The first-order chi connectivity index (χ1) is 9.88. The zero-order chi connectivity index (χ0) is 15.6. The first kappa shape index (κ1) is 16.0. The van der Waals surface area contributed by atoms with E-state index >= 15 is 0 Å². The van der Waals surface area contributed by atoms with Crippen molar-refractivity contribution in [3.8, 4) is 0 Å². The Balaban J connectivity index is 2.18. The van der Waals surface area contributed by atoms with Gasteiger partial charge in [0.05, 0.1) is 4.91 Å². The summed E-state index contributed by atoms with van der Waals surface area (Å²) in [7, 11) is 4.01. The maximum absolute atomic E-state index is 12.4. The molecule has 0 saturated carbocycles. The zero-order valence-electron chi connectivity index (χ0n) is 12.8. The second kappa shape index (κ2) is 6.62. The molecule has 0 spiro atoms. The van der Waals surface area contributed by atoms with Crippen molar-refractivity contribution in [2.45, 2.75) is 13.8 Å². The molecular formula is C16H20N2OS2. The van der Waals surface area contributed by atoms with E-state index in [1.54, 1.807) is 4.90 Å². The molecule has 1 saturated heterocycles. The lowest BCUT2D eigenvalue weighted by Crippen LogP contribution is -2.31. The highest BCUT2D eigenvalue weighted by Gasteiger charge is 2.32. The number of carbonyl (C=O) groups excluding carboxylic acids is 1. The first-order valence-corrected chi connectivity index (χ1v) is 8.13. The molecule has 0 N–H and O–H groups in total. The molecule has 0 aliphatic carbocycles. The topological polar surface area (TPSA) is 23.6 Å². The third kappa shape index (κ3) is 3.86. The monoisotopic (exact) mass is 320 g/mol. The minimum absolute atomic E-state index is 0.0235. The molecule has 1 aromatic carbocycles. The third-order valence-corrected chi connectivity index (χ3v) is 4.51. The molecule has 1 fully saturated rings. The quantitative estimate of drug-likeness (QED) is 0.624. The Morgan fingerprint density at radius 1 is 1.29 bits per heavy atom. The van der Waals surface area contributed by atoms with Crippen molar-refractivity contribution >= 4 is 46.0 Å². The van der Waals surface area contributed by atoms with Crippen molar-refractivity contribution in [2.24, 2.45) is 5.92 Å². The van der Waals surface area contributed by atoms with Gasteiger partial charge in [-0.25, -0.2) is 0 Å². The van der Waals surface area contributed by atoms with Crippen LogP contribution in [-0.4, -0.2) is 35.8 Å². The van der Waals surface area contributed by atoms with Crippen molar-refractivity contribution in [1.82, 2.24) is 4.90 Å². The molecule has 0 atom stereocenters. The molecule has 1 amide bonds. The van der Waals surface area contributed by atoms with E-state index < -0.39 is 0 Å². The van der Waals surface area contributed by atoms with Crippen molar-refractivity contribution < 1.29 is 4.79 Å². The molecule has 112 valence electrons. The zero-order valence-corrected chi connectivity index (χ0v) is 14.4. The fourth-order valence-corrected chi connectivity index (χ4v) is 3.32. The molecule has 1 aromatic rings. The summed E-state index contributed by atoms with van der Waals surface area (Å²) in [5.74, 6) is 0.432. The minimum Gasteiger partial charge on any atom is -0.378 e. The van der Waals surface area contributed by atoms with Crippen molar-refractivity contribution in [1.29, 1.82) is 0 Å². The average Bonchev–Trinajstić information content (AvgIpc) is 2.67. The van der Waals surface area contributed by atoms with Crippen LogP contribution in [0.4, 0.5) is 5.69 Å². The van der Waals surface area contributed by atoms with Gasteiger partial charge < -0.3 is 4.90 Å². The lowest BCUT2D eigenvalue weighted by molar-refractivity contribution is -0.122. The van der Waals surface area contributed by atoms with Crippen LogP contribution in [-0.2, 0) is 4.79 Å². The number of benzene rings is 1. The van der Waals surface area contributed by atoms with Crippen LogP contribution in [0.2, 0.25) is 0 Å². The molecule has 0 radical (unpaired) electrons. The Hall–Kier alpha value is -1.33. The van der Waals surface area contributed by atoms with Crippen molar-refractivity contribution in [3.63, 3.8) is 0 Å². The van der Waals surface area contributed by atoms with E-state index in [0.717, 1.165) is 11.3 Å². The maximum Gasteiger partial charge on any atom is 0.266 e. The standard InChI is InChI=1S/C16H20N2OS2/c1-11(2)10-18-15(19)14(21-16(18)20)9-12-5-7-13(8-6-12)17(3)4/h5-9,11H,10H2,1-4H3/b14-9-. The first-order valence-electron chi connectivity index (χ1n) is 6.91. The van der Waals surface area contributed by atoms with Gasteiger partial charge in [0.15, 0.2) is 0 Å². The molecule has 2 rings (SSSR count). The van der Waals surface area contributed by atoms with E-state index in [2.05, 4.69) is 13.8 Å². The summed E-state index contributed by atoms with van der Waals surface area (Å²) in [5.41, 5.74) is 2.16. The molecule has 0 bridgehead atoms. The van der Waals surface area contributed by atoms with Crippen LogP contribution in [0.15, 0.2) is 29.2 Å². The largest absolute Gasteiger partial charge is 0.378 e. The van der Waals surface area contributed by atoms with Crippen molar-refractivity contribution in [3.05, 3.63) is 34.7 Å². The Bertz CT molecular complexity index is 576.